The van der Waals surface area contributed by atoms with Gasteiger partial charge in [-0.3, -0.25) is 14.9 Å². The topological polar surface area (TPSA) is 110 Å². The second-order valence-corrected chi connectivity index (χ2v) is 7.78. The van der Waals surface area contributed by atoms with Gasteiger partial charge in [0, 0.05) is 28.7 Å². The minimum atomic E-state index is -1.17. The maximum absolute atomic E-state index is 12.7. The summed E-state index contributed by atoms with van der Waals surface area (Å²) in [6.45, 7) is 3.87. The predicted molar refractivity (Wildman–Crippen MR) is 103 cm³/mol. The standard InChI is InChI=1S/C19H20N2O5S/c1-12(2)27-17-9-8-14(21(25)26)11-15(17)18(22)20-16(19(23)24)10-13-6-4-3-5-7-13/h3-9,11-12,16H,10H2,1-2H3,(H,20,22)(H,23,24). The van der Waals surface area contributed by atoms with E-state index in [1.165, 1.54) is 30.0 Å². The molecule has 8 heteroatoms. The lowest BCUT2D eigenvalue weighted by atomic mass is 10.1. The van der Waals surface area contributed by atoms with Crippen molar-refractivity contribution < 1.29 is 19.6 Å². The predicted octanol–water partition coefficient (Wildman–Crippen LogP) is 3.52. The molecular weight excluding hydrogens is 368 g/mol. The Morgan fingerprint density at radius 3 is 2.41 bits per heavy atom. The van der Waals surface area contributed by atoms with Gasteiger partial charge in [0.05, 0.1) is 10.5 Å². The molecule has 0 aliphatic rings. The summed E-state index contributed by atoms with van der Waals surface area (Å²) in [5.74, 6) is -1.82. The minimum absolute atomic E-state index is 0.0993. The number of hydrogen-bond acceptors (Lipinski definition) is 5. The van der Waals surface area contributed by atoms with Crippen molar-refractivity contribution in [2.75, 3.05) is 0 Å². The third-order valence-electron chi connectivity index (χ3n) is 3.67. The van der Waals surface area contributed by atoms with Gasteiger partial charge in [-0.15, -0.1) is 11.8 Å². The summed E-state index contributed by atoms with van der Waals surface area (Å²) < 4.78 is 0. The van der Waals surface area contributed by atoms with Gasteiger partial charge in [0.15, 0.2) is 0 Å². The number of carbonyl (C=O) groups is 2. The first-order valence-corrected chi connectivity index (χ1v) is 9.18. The van der Waals surface area contributed by atoms with Gasteiger partial charge in [-0.25, -0.2) is 4.79 Å². The Balaban J connectivity index is 2.29. The lowest BCUT2D eigenvalue weighted by molar-refractivity contribution is -0.384. The van der Waals surface area contributed by atoms with E-state index in [2.05, 4.69) is 5.32 Å². The third kappa shape index (κ3) is 5.82. The van der Waals surface area contributed by atoms with Crippen molar-refractivity contribution in [1.82, 2.24) is 5.32 Å². The molecule has 0 aromatic heterocycles. The highest BCUT2D eigenvalue weighted by atomic mass is 32.2. The highest BCUT2D eigenvalue weighted by Crippen LogP contribution is 2.29. The van der Waals surface area contributed by atoms with Crippen molar-refractivity contribution in [3.63, 3.8) is 0 Å². The summed E-state index contributed by atoms with van der Waals surface area (Å²) in [5.41, 5.74) is 0.645. The smallest absolute Gasteiger partial charge is 0.326 e. The van der Waals surface area contributed by atoms with E-state index in [1.807, 2.05) is 19.9 Å². The highest BCUT2D eigenvalue weighted by molar-refractivity contribution is 8.00. The molecule has 0 bridgehead atoms. The molecule has 0 radical (unpaired) electrons. The molecule has 2 N–H and O–H groups in total. The van der Waals surface area contributed by atoms with E-state index in [0.717, 1.165) is 5.56 Å². The number of carboxylic acids is 1. The Hall–Kier alpha value is -2.87. The molecule has 2 aromatic carbocycles. The zero-order valence-corrected chi connectivity index (χ0v) is 15.7. The minimum Gasteiger partial charge on any atom is -0.480 e. The molecule has 1 amide bonds. The van der Waals surface area contributed by atoms with Crippen LogP contribution in [-0.4, -0.2) is 33.2 Å². The molecule has 1 unspecified atom stereocenters. The van der Waals surface area contributed by atoms with E-state index in [-0.39, 0.29) is 22.9 Å². The maximum Gasteiger partial charge on any atom is 0.326 e. The average molecular weight is 388 g/mol. The van der Waals surface area contributed by atoms with Crippen LogP contribution < -0.4 is 5.32 Å². The van der Waals surface area contributed by atoms with Crippen molar-refractivity contribution in [3.05, 3.63) is 69.8 Å². The van der Waals surface area contributed by atoms with Gasteiger partial charge in [-0.1, -0.05) is 44.2 Å². The lowest BCUT2D eigenvalue weighted by Crippen LogP contribution is -2.42. The fourth-order valence-corrected chi connectivity index (χ4v) is 3.38. The van der Waals surface area contributed by atoms with E-state index in [1.54, 1.807) is 24.3 Å². The molecule has 7 nitrogen and oxygen atoms in total. The number of nitrogens with one attached hydrogen (secondary N) is 1. The highest BCUT2D eigenvalue weighted by Gasteiger charge is 2.24. The summed E-state index contributed by atoms with van der Waals surface area (Å²) >= 11 is 1.38. The van der Waals surface area contributed by atoms with Crippen LogP contribution in [0.3, 0.4) is 0 Å². The molecule has 0 aliphatic carbocycles. The van der Waals surface area contributed by atoms with Crippen LogP contribution in [0.4, 0.5) is 5.69 Å². The van der Waals surface area contributed by atoms with Crippen molar-refractivity contribution in [2.24, 2.45) is 0 Å². The summed E-state index contributed by atoms with van der Waals surface area (Å²) in [4.78, 5) is 35.3. The Labute approximate surface area is 160 Å². The first-order chi connectivity index (χ1) is 12.8. The van der Waals surface area contributed by atoms with Gasteiger partial charge in [-0.05, 0) is 11.6 Å². The number of non-ortho nitro benzene ring substituents is 1. The van der Waals surface area contributed by atoms with Crippen LogP contribution in [0, 0.1) is 10.1 Å². The zero-order chi connectivity index (χ0) is 20.0. The van der Waals surface area contributed by atoms with Gasteiger partial charge in [-0.2, -0.15) is 0 Å². The number of thioether (sulfide) groups is 1. The largest absolute Gasteiger partial charge is 0.480 e. The van der Waals surface area contributed by atoms with E-state index >= 15 is 0 Å². The fourth-order valence-electron chi connectivity index (χ4n) is 2.45. The molecule has 0 heterocycles. The van der Waals surface area contributed by atoms with Crippen molar-refractivity contribution >= 4 is 29.3 Å². The molecule has 0 aliphatic heterocycles. The second-order valence-electron chi connectivity index (χ2n) is 6.16. The number of aliphatic carboxylic acids is 1. The van der Waals surface area contributed by atoms with Gasteiger partial charge in [0.1, 0.15) is 6.04 Å². The van der Waals surface area contributed by atoms with Gasteiger partial charge in [0.2, 0.25) is 0 Å². The molecule has 2 aromatic rings. The van der Waals surface area contributed by atoms with E-state index in [9.17, 15) is 24.8 Å². The summed E-state index contributed by atoms with van der Waals surface area (Å²) in [6, 6.07) is 11.8. The SMILES string of the molecule is CC(C)Sc1ccc([N+](=O)[O-])cc1C(=O)NC(Cc1ccccc1)C(=O)O. The lowest BCUT2D eigenvalue weighted by Gasteiger charge is -2.16. The van der Waals surface area contributed by atoms with Gasteiger partial charge in [0.25, 0.3) is 11.6 Å². The zero-order valence-electron chi connectivity index (χ0n) is 14.9. The second kappa shape index (κ2) is 9.18. The summed E-state index contributed by atoms with van der Waals surface area (Å²) in [5, 5.41) is 23.2. The Bertz CT molecular complexity index is 839. The van der Waals surface area contributed by atoms with Gasteiger partial charge < -0.3 is 10.4 Å². The van der Waals surface area contributed by atoms with Crippen LogP contribution in [-0.2, 0) is 11.2 Å². The number of amides is 1. The van der Waals surface area contributed by atoms with E-state index in [4.69, 9.17) is 0 Å². The first kappa shape index (κ1) is 20.4. The monoisotopic (exact) mass is 388 g/mol. The third-order valence-corrected chi connectivity index (χ3v) is 4.75. The Kier molecular flexibility index (Phi) is 6.95. The molecule has 27 heavy (non-hydrogen) atoms. The fraction of sp³-hybridized carbons (Fsp3) is 0.263. The van der Waals surface area contributed by atoms with Crippen LogP contribution >= 0.6 is 11.8 Å². The van der Waals surface area contributed by atoms with Crippen LogP contribution in [0.1, 0.15) is 29.8 Å². The molecule has 142 valence electrons. The number of benzene rings is 2. The van der Waals surface area contributed by atoms with Crippen LogP contribution in [0.15, 0.2) is 53.4 Å². The number of hydrogen-bond donors (Lipinski definition) is 2. The number of rotatable bonds is 8. The van der Waals surface area contributed by atoms with E-state index in [0.29, 0.717) is 4.90 Å². The van der Waals surface area contributed by atoms with Gasteiger partial charge >= 0.3 is 5.97 Å². The summed E-state index contributed by atoms with van der Waals surface area (Å²) in [7, 11) is 0. The molecular formula is C19H20N2O5S. The molecule has 0 saturated carbocycles. The quantitative estimate of drug-likeness (QED) is 0.407. The van der Waals surface area contributed by atoms with Crippen molar-refractivity contribution in [1.29, 1.82) is 0 Å². The number of nitro groups is 1. The number of carboxylic acid groups (broad SMARTS) is 1. The summed E-state index contributed by atoms with van der Waals surface area (Å²) in [6.07, 6.45) is 0.115. The maximum atomic E-state index is 12.7. The number of nitro benzene ring substituents is 1. The van der Waals surface area contributed by atoms with Crippen molar-refractivity contribution in [3.8, 4) is 0 Å². The Morgan fingerprint density at radius 1 is 1.19 bits per heavy atom. The molecule has 0 fully saturated rings. The molecule has 2 rings (SSSR count). The van der Waals surface area contributed by atoms with Crippen LogP contribution in [0.25, 0.3) is 0 Å². The van der Waals surface area contributed by atoms with Crippen LogP contribution in [0.5, 0.6) is 0 Å². The number of carbonyl (C=O) groups excluding carboxylic acids is 1. The Morgan fingerprint density at radius 2 is 1.85 bits per heavy atom. The van der Waals surface area contributed by atoms with E-state index < -0.39 is 22.8 Å². The normalized spacial score (nSPS) is 11.8. The molecule has 1 atom stereocenters. The molecule has 0 spiro atoms. The first-order valence-electron chi connectivity index (χ1n) is 8.30. The van der Waals surface area contributed by atoms with Crippen molar-refractivity contribution in [2.45, 2.75) is 36.5 Å². The average Bonchev–Trinajstić information content (AvgIpc) is 2.61. The molecule has 0 saturated heterocycles. The van der Waals surface area contributed by atoms with Crippen LogP contribution in [0.2, 0.25) is 0 Å². The number of nitrogens with zero attached hydrogens (tertiary/aromatic N) is 1.